The number of hydrogen-bond donors (Lipinski definition) is 2. The highest BCUT2D eigenvalue weighted by Gasteiger charge is 2.35. The molecule has 0 radical (unpaired) electrons. The van der Waals surface area contributed by atoms with Crippen molar-refractivity contribution in [2.24, 2.45) is 11.8 Å². The smallest absolute Gasteiger partial charge is 0.307 e. The van der Waals surface area contributed by atoms with Crippen LogP contribution in [-0.4, -0.2) is 34.5 Å². The Balaban J connectivity index is 1.93. The van der Waals surface area contributed by atoms with Crippen LogP contribution in [0.4, 0.5) is 18.3 Å². The second-order valence-electron chi connectivity index (χ2n) is 6.61. The Labute approximate surface area is 153 Å². The molecule has 6 nitrogen and oxygen atoms in total. The number of carbonyl (C=O) groups excluding carboxylic acids is 2. The minimum Gasteiger partial charge on any atom is -0.307 e. The van der Waals surface area contributed by atoms with Gasteiger partial charge in [-0.3, -0.25) is 14.9 Å². The van der Waals surface area contributed by atoms with Gasteiger partial charge < -0.3 is 5.32 Å². The molecule has 2 heterocycles. The number of nitrogens with zero attached hydrogens (tertiary/aromatic N) is 2. The number of anilines is 1. The van der Waals surface area contributed by atoms with Crippen molar-refractivity contribution >= 4 is 28.2 Å². The summed E-state index contributed by atoms with van der Waals surface area (Å²) in [4.78, 5) is 24.0. The van der Waals surface area contributed by atoms with Crippen molar-refractivity contribution in [2.75, 3.05) is 11.9 Å². The Hall–Kier alpha value is -1.81. The first-order chi connectivity index (χ1) is 12.1. The zero-order valence-electron chi connectivity index (χ0n) is 14.5. The van der Waals surface area contributed by atoms with Gasteiger partial charge in [-0.15, -0.1) is 10.2 Å². The van der Waals surface area contributed by atoms with Crippen molar-refractivity contribution in [2.45, 2.75) is 45.3 Å². The van der Waals surface area contributed by atoms with Crippen LogP contribution in [0.25, 0.3) is 0 Å². The van der Waals surface area contributed by atoms with Crippen molar-refractivity contribution in [3.05, 3.63) is 17.2 Å². The highest BCUT2D eigenvalue weighted by Crippen LogP contribution is 2.33. The summed E-state index contributed by atoms with van der Waals surface area (Å²) in [6, 6.07) is -0.103. The predicted octanol–water partition coefficient (Wildman–Crippen LogP) is 3.04. The molecule has 2 N–H and O–H groups in total. The maximum absolute atomic E-state index is 12.5. The molecule has 1 aliphatic heterocycles. The summed E-state index contributed by atoms with van der Waals surface area (Å²) in [6.45, 7) is 4.88. The van der Waals surface area contributed by atoms with E-state index in [0.717, 1.165) is 19.4 Å². The van der Waals surface area contributed by atoms with E-state index in [1.807, 2.05) is 13.8 Å². The number of Topliss-reactive ketones (excluding diaryl/α,β-unsaturated/α-hetero) is 1. The van der Waals surface area contributed by atoms with E-state index in [2.05, 4.69) is 20.8 Å². The molecule has 1 aromatic heterocycles. The average Bonchev–Trinajstić information content (AvgIpc) is 2.90. The van der Waals surface area contributed by atoms with E-state index < -0.39 is 17.1 Å². The highest BCUT2D eigenvalue weighted by atomic mass is 32.1. The number of halogens is 3. The average molecular weight is 390 g/mol. The maximum Gasteiger partial charge on any atom is 0.445 e. The number of nitrogens with one attached hydrogen (secondary N) is 2. The van der Waals surface area contributed by atoms with Crippen molar-refractivity contribution in [1.82, 2.24) is 15.5 Å². The van der Waals surface area contributed by atoms with Gasteiger partial charge in [-0.1, -0.05) is 31.3 Å². The zero-order valence-corrected chi connectivity index (χ0v) is 15.3. The molecule has 1 aromatic rings. The molecule has 1 saturated heterocycles. The van der Waals surface area contributed by atoms with Gasteiger partial charge in [-0.2, -0.15) is 13.2 Å². The Morgan fingerprint density at radius 2 is 2.08 bits per heavy atom. The molecule has 0 bridgehead atoms. The molecular weight excluding hydrogens is 369 g/mol. The van der Waals surface area contributed by atoms with Gasteiger partial charge in [0.15, 0.2) is 0 Å². The van der Waals surface area contributed by atoms with E-state index in [1.54, 1.807) is 6.08 Å². The fraction of sp³-hybridized carbons (Fsp3) is 0.625. The van der Waals surface area contributed by atoms with Crippen LogP contribution < -0.4 is 10.6 Å². The van der Waals surface area contributed by atoms with Gasteiger partial charge in [0, 0.05) is 6.42 Å². The third-order valence-electron chi connectivity index (χ3n) is 3.87. The van der Waals surface area contributed by atoms with Crippen LogP contribution in [0, 0.1) is 11.8 Å². The topological polar surface area (TPSA) is 84.0 Å². The summed E-state index contributed by atoms with van der Waals surface area (Å²) in [6.07, 6.45) is 0.182. The minimum atomic E-state index is -4.59. The SMILES string of the molecule is CC(C)C[C@@H](/C=C/C(=O)Nc1nnc(C(F)(F)F)s1)CC(=O)[C@@H]1CCN1. The molecule has 0 aromatic carbocycles. The monoisotopic (exact) mass is 390 g/mol. The van der Waals surface area contributed by atoms with Gasteiger partial charge in [-0.25, -0.2) is 0 Å². The summed E-state index contributed by atoms with van der Waals surface area (Å²) < 4.78 is 37.4. The van der Waals surface area contributed by atoms with Crippen molar-refractivity contribution < 1.29 is 22.8 Å². The van der Waals surface area contributed by atoms with Crippen LogP contribution in [-0.2, 0) is 15.8 Å². The largest absolute Gasteiger partial charge is 0.445 e. The molecule has 1 aliphatic rings. The standard InChI is InChI=1S/C16H21F3N4O2S/c1-9(2)7-10(8-12(24)11-5-6-20-11)3-4-13(25)21-15-23-22-14(26-15)16(17,18)19/h3-4,9-11,20H,5-8H2,1-2H3,(H,21,23,25)/b4-3+/t10-,11+/m1/s1. The molecule has 144 valence electrons. The summed E-state index contributed by atoms with van der Waals surface area (Å²) >= 11 is 0.263. The Morgan fingerprint density at radius 3 is 2.58 bits per heavy atom. The van der Waals surface area contributed by atoms with Gasteiger partial charge in [0.2, 0.25) is 16.0 Å². The number of hydrogen-bond acceptors (Lipinski definition) is 6. The van der Waals surface area contributed by atoms with E-state index in [0.29, 0.717) is 12.3 Å². The Kier molecular flexibility index (Phi) is 6.87. The fourth-order valence-electron chi connectivity index (χ4n) is 2.56. The van der Waals surface area contributed by atoms with Crippen LogP contribution in [0.15, 0.2) is 12.2 Å². The van der Waals surface area contributed by atoms with Gasteiger partial charge in [-0.05, 0) is 37.3 Å². The summed E-state index contributed by atoms with van der Waals surface area (Å²) in [7, 11) is 0. The summed E-state index contributed by atoms with van der Waals surface area (Å²) in [5.74, 6) is -0.244. The van der Waals surface area contributed by atoms with Gasteiger partial charge >= 0.3 is 6.18 Å². The van der Waals surface area contributed by atoms with E-state index in [4.69, 9.17) is 0 Å². The Bertz CT molecular complexity index is 669. The van der Waals surface area contributed by atoms with E-state index in [1.165, 1.54) is 6.08 Å². The lowest BCUT2D eigenvalue weighted by Gasteiger charge is -2.27. The molecule has 1 amide bonds. The second-order valence-corrected chi connectivity index (χ2v) is 7.59. The van der Waals surface area contributed by atoms with Crippen molar-refractivity contribution in [3.8, 4) is 0 Å². The minimum absolute atomic E-state index is 0.101. The van der Waals surface area contributed by atoms with Gasteiger partial charge in [0.25, 0.3) is 0 Å². The first-order valence-electron chi connectivity index (χ1n) is 8.31. The van der Waals surface area contributed by atoms with Crippen molar-refractivity contribution in [3.63, 3.8) is 0 Å². The Morgan fingerprint density at radius 1 is 1.38 bits per heavy atom. The lowest BCUT2D eigenvalue weighted by Crippen LogP contribution is -2.48. The number of carbonyl (C=O) groups is 2. The maximum atomic E-state index is 12.5. The second kappa shape index (κ2) is 8.72. The number of amides is 1. The highest BCUT2D eigenvalue weighted by molar-refractivity contribution is 7.15. The third-order valence-corrected chi connectivity index (χ3v) is 4.75. The van der Waals surface area contributed by atoms with Crippen LogP contribution in [0.5, 0.6) is 0 Å². The fourth-order valence-corrected chi connectivity index (χ4v) is 3.17. The van der Waals surface area contributed by atoms with Gasteiger partial charge in [0.1, 0.15) is 5.78 Å². The zero-order chi connectivity index (χ0) is 19.3. The van der Waals surface area contributed by atoms with E-state index in [9.17, 15) is 22.8 Å². The van der Waals surface area contributed by atoms with E-state index in [-0.39, 0.29) is 34.2 Å². The normalized spacial score (nSPS) is 18.8. The van der Waals surface area contributed by atoms with Gasteiger partial charge in [0.05, 0.1) is 6.04 Å². The third kappa shape index (κ3) is 6.17. The number of alkyl halides is 3. The number of rotatable bonds is 8. The van der Waals surface area contributed by atoms with Crippen molar-refractivity contribution in [1.29, 1.82) is 0 Å². The molecule has 0 unspecified atom stereocenters. The first-order valence-corrected chi connectivity index (χ1v) is 9.12. The first kappa shape index (κ1) is 20.5. The molecule has 2 atom stereocenters. The lowest BCUT2D eigenvalue weighted by atomic mass is 9.88. The quantitative estimate of drug-likeness (QED) is 0.667. The number of allylic oxidation sites excluding steroid dienone is 1. The molecule has 10 heteroatoms. The van der Waals surface area contributed by atoms with Crippen LogP contribution in [0.1, 0.15) is 38.1 Å². The van der Waals surface area contributed by atoms with Crippen LogP contribution in [0.2, 0.25) is 0 Å². The number of aromatic nitrogens is 2. The summed E-state index contributed by atoms with van der Waals surface area (Å²) in [5.41, 5.74) is 0. The molecule has 0 spiro atoms. The molecular formula is C16H21F3N4O2S. The summed E-state index contributed by atoms with van der Waals surface area (Å²) in [5, 5.41) is 10.3. The van der Waals surface area contributed by atoms with Crippen LogP contribution in [0.3, 0.4) is 0 Å². The molecule has 0 aliphatic carbocycles. The lowest BCUT2D eigenvalue weighted by molar-refractivity contribution is -0.138. The molecule has 26 heavy (non-hydrogen) atoms. The predicted molar refractivity (Wildman–Crippen MR) is 91.7 cm³/mol. The van der Waals surface area contributed by atoms with E-state index >= 15 is 0 Å². The van der Waals surface area contributed by atoms with Crippen LogP contribution >= 0.6 is 11.3 Å². The molecule has 1 fully saturated rings. The molecule has 2 rings (SSSR count). The number of ketones is 1. The molecule has 0 saturated carbocycles.